The Labute approximate surface area is 131 Å². The fourth-order valence-corrected chi connectivity index (χ4v) is 3.03. The fourth-order valence-electron chi connectivity index (χ4n) is 3.03. The third-order valence-corrected chi connectivity index (χ3v) is 4.21. The molecule has 0 spiro atoms. The molecule has 0 fully saturated rings. The normalized spacial score (nSPS) is 17.9. The van der Waals surface area contributed by atoms with Crippen LogP contribution in [0.1, 0.15) is 13.3 Å². The van der Waals surface area contributed by atoms with Crippen molar-refractivity contribution in [2.75, 3.05) is 23.4 Å². The molecule has 1 unspecified atom stereocenters. The van der Waals surface area contributed by atoms with Crippen molar-refractivity contribution in [3.8, 4) is 11.1 Å². The molecule has 3 rings (SSSR count). The summed E-state index contributed by atoms with van der Waals surface area (Å²) in [4.78, 5) is 4.15. The Morgan fingerprint density at radius 3 is 2.50 bits per heavy atom. The van der Waals surface area contributed by atoms with Crippen LogP contribution in [-0.4, -0.2) is 25.6 Å². The molecule has 0 aromatic heterocycles. The van der Waals surface area contributed by atoms with Crippen LogP contribution in [0.3, 0.4) is 0 Å². The number of benzene rings is 2. The van der Waals surface area contributed by atoms with Gasteiger partial charge in [-0.3, -0.25) is 5.41 Å². The van der Waals surface area contributed by atoms with Crippen molar-refractivity contribution in [3.63, 3.8) is 0 Å². The van der Waals surface area contributed by atoms with Gasteiger partial charge in [0, 0.05) is 13.6 Å². The molecular weight excluding hydrogens is 272 g/mol. The average Bonchev–Trinajstić information content (AvgIpc) is 2.65. The standard InChI is InChI=1S/C18H22N4/c1-13(19)22-16-9-8-15(14-6-4-3-5-7-14)12-17(16)21(2)11-10-18(22)20/h3-9,12,18-19H,10-11,20H2,1-2H3. The maximum atomic E-state index is 8.06. The van der Waals surface area contributed by atoms with Crippen LogP contribution in [0.25, 0.3) is 11.1 Å². The van der Waals surface area contributed by atoms with E-state index in [1.54, 1.807) is 6.92 Å². The number of rotatable bonds is 1. The summed E-state index contributed by atoms with van der Waals surface area (Å²) >= 11 is 0. The second kappa shape index (κ2) is 5.81. The smallest absolute Gasteiger partial charge is 0.0984 e. The summed E-state index contributed by atoms with van der Waals surface area (Å²) < 4.78 is 0. The zero-order chi connectivity index (χ0) is 15.7. The maximum absolute atomic E-state index is 8.06. The van der Waals surface area contributed by atoms with Gasteiger partial charge in [0.15, 0.2) is 0 Å². The Bertz CT molecular complexity index is 681. The predicted molar refractivity (Wildman–Crippen MR) is 93.6 cm³/mol. The van der Waals surface area contributed by atoms with Gasteiger partial charge in [0.25, 0.3) is 0 Å². The van der Waals surface area contributed by atoms with E-state index in [4.69, 9.17) is 11.1 Å². The molecule has 2 aromatic rings. The monoisotopic (exact) mass is 294 g/mol. The fraction of sp³-hybridized carbons (Fsp3) is 0.278. The van der Waals surface area contributed by atoms with E-state index in [0.29, 0.717) is 5.84 Å². The molecule has 0 amide bonds. The van der Waals surface area contributed by atoms with Crippen molar-refractivity contribution in [2.45, 2.75) is 19.5 Å². The number of hydrogen-bond donors (Lipinski definition) is 2. The third-order valence-electron chi connectivity index (χ3n) is 4.21. The van der Waals surface area contributed by atoms with Crippen LogP contribution in [0, 0.1) is 5.41 Å². The molecule has 0 radical (unpaired) electrons. The van der Waals surface area contributed by atoms with Crippen LogP contribution in [0.15, 0.2) is 48.5 Å². The zero-order valence-corrected chi connectivity index (χ0v) is 13.1. The number of fused-ring (bicyclic) bond motifs is 1. The summed E-state index contributed by atoms with van der Waals surface area (Å²) in [5.41, 5.74) is 10.8. The first-order valence-corrected chi connectivity index (χ1v) is 7.58. The molecule has 4 nitrogen and oxygen atoms in total. The van der Waals surface area contributed by atoms with Crippen LogP contribution in [0.4, 0.5) is 11.4 Å². The quantitative estimate of drug-likeness (QED) is 0.627. The minimum absolute atomic E-state index is 0.149. The zero-order valence-electron chi connectivity index (χ0n) is 13.1. The van der Waals surface area contributed by atoms with Gasteiger partial charge in [0.2, 0.25) is 0 Å². The van der Waals surface area contributed by atoms with Crippen molar-refractivity contribution in [2.24, 2.45) is 5.73 Å². The highest BCUT2D eigenvalue weighted by atomic mass is 15.3. The van der Waals surface area contributed by atoms with Gasteiger partial charge < -0.3 is 15.5 Å². The molecule has 0 saturated carbocycles. The largest absolute Gasteiger partial charge is 0.373 e. The van der Waals surface area contributed by atoms with Gasteiger partial charge in [0.1, 0.15) is 0 Å². The van der Waals surface area contributed by atoms with Gasteiger partial charge in [-0.15, -0.1) is 0 Å². The molecule has 114 valence electrons. The summed E-state index contributed by atoms with van der Waals surface area (Å²) in [6.45, 7) is 2.68. The molecule has 0 aliphatic carbocycles. The summed E-state index contributed by atoms with van der Waals surface area (Å²) in [6, 6.07) is 16.7. The molecule has 0 bridgehead atoms. The van der Waals surface area contributed by atoms with Gasteiger partial charge in [-0.1, -0.05) is 36.4 Å². The van der Waals surface area contributed by atoms with Crippen molar-refractivity contribution in [1.29, 1.82) is 5.41 Å². The molecule has 1 heterocycles. The predicted octanol–water partition coefficient (Wildman–Crippen LogP) is 3.28. The lowest BCUT2D eigenvalue weighted by Crippen LogP contribution is -2.44. The van der Waals surface area contributed by atoms with Gasteiger partial charge in [-0.25, -0.2) is 0 Å². The van der Waals surface area contributed by atoms with E-state index < -0.39 is 0 Å². The Morgan fingerprint density at radius 2 is 1.82 bits per heavy atom. The maximum Gasteiger partial charge on any atom is 0.0984 e. The molecule has 1 atom stereocenters. The Hall–Kier alpha value is -2.33. The summed E-state index contributed by atoms with van der Waals surface area (Å²) in [6.07, 6.45) is 0.686. The van der Waals surface area contributed by atoms with Gasteiger partial charge in [-0.05, 0) is 36.6 Å². The Balaban J connectivity index is 2.12. The lowest BCUT2D eigenvalue weighted by molar-refractivity contribution is 0.640. The number of nitrogens with one attached hydrogen (secondary N) is 1. The first kappa shape index (κ1) is 14.6. The van der Waals surface area contributed by atoms with Crippen molar-refractivity contribution >= 4 is 17.2 Å². The highest BCUT2D eigenvalue weighted by Gasteiger charge is 2.25. The molecule has 0 saturated heterocycles. The van der Waals surface area contributed by atoms with Crippen LogP contribution < -0.4 is 15.5 Å². The summed E-state index contributed by atoms with van der Waals surface area (Å²) in [5.74, 6) is 0.483. The SMILES string of the molecule is CC(=N)N1c2ccc(-c3ccccc3)cc2N(C)CCC1N. The highest BCUT2D eigenvalue weighted by molar-refractivity contribution is 5.98. The number of nitrogens with two attached hydrogens (primary N) is 1. The van der Waals surface area contributed by atoms with Crippen LogP contribution in [0.2, 0.25) is 0 Å². The van der Waals surface area contributed by atoms with E-state index >= 15 is 0 Å². The number of anilines is 2. The van der Waals surface area contributed by atoms with Crippen molar-refractivity contribution in [3.05, 3.63) is 48.5 Å². The van der Waals surface area contributed by atoms with Crippen LogP contribution >= 0.6 is 0 Å². The molecule has 1 aliphatic rings. The van der Waals surface area contributed by atoms with E-state index in [2.05, 4.69) is 54.4 Å². The molecule has 1 aliphatic heterocycles. The molecule has 4 heteroatoms. The van der Waals surface area contributed by atoms with Gasteiger partial charge >= 0.3 is 0 Å². The highest BCUT2D eigenvalue weighted by Crippen LogP contribution is 2.36. The second-order valence-electron chi connectivity index (χ2n) is 5.80. The van der Waals surface area contributed by atoms with E-state index in [-0.39, 0.29) is 6.17 Å². The Kier molecular flexibility index (Phi) is 3.86. The lowest BCUT2D eigenvalue weighted by Gasteiger charge is -2.29. The van der Waals surface area contributed by atoms with E-state index in [1.807, 2.05) is 11.0 Å². The first-order chi connectivity index (χ1) is 10.6. The Morgan fingerprint density at radius 1 is 1.09 bits per heavy atom. The number of nitrogens with zero attached hydrogens (tertiary/aromatic N) is 2. The number of amidine groups is 1. The van der Waals surface area contributed by atoms with E-state index in [0.717, 1.165) is 24.3 Å². The van der Waals surface area contributed by atoms with Gasteiger partial charge in [-0.2, -0.15) is 0 Å². The third kappa shape index (κ3) is 2.57. The second-order valence-corrected chi connectivity index (χ2v) is 5.80. The van der Waals surface area contributed by atoms with Gasteiger partial charge in [0.05, 0.1) is 23.4 Å². The molecular formula is C18H22N4. The van der Waals surface area contributed by atoms with Crippen molar-refractivity contribution in [1.82, 2.24) is 0 Å². The number of hydrogen-bond acceptors (Lipinski definition) is 3. The van der Waals surface area contributed by atoms with E-state index in [9.17, 15) is 0 Å². The minimum atomic E-state index is -0.149. The molecule has 3 N–H and O–H groups in total. The summed E-state index contributed by atoms with van der Waals surface area (Å²) in [7, 11) is 2.09. The average molecular weight is 294 g/mol. The summed E-state index contributed by atoms with van der Waals surface area (Å²) in [5, 5.41) is 8.06. The van der Waals surface area contributed by atoms with E-state index in [1.165, 1.54) is 11.1 Å². The topological polar surface area (TPSA) is 56.4 Å². The van der Waals surface area contributed by atoms with Crippen LogP contribution in [0.5, 0.6) is 0 Å². The van der Waals surface area contributed by atoms with Crippen LogP contribution in [-0.2, 0) is 0 Å². The minimum Gasteiger partial charge on any atom is -0.373 e. The first-order valence-electron chi connectivity index (χ1n) is 7.58. The van der Waals surface area contributed by atoms with Crippen molar-refractivity contribution < 1.29 is 0 Å². The molecule has 2 aromatic carbocycles. The molecule has 22 heavy (non-hydrogen) atoms. The lowest BCUT2D eigenvalue weighted by atomic mass is 10.0.